The molecule has 0 N–H and O–H groups in total. The summed E-state index contributed by atoms with van der Waals surface area (Å²) >= 11 is 0. The number of aromatic nitrogens is 1. The van der Waals surface area contributed by atoms with Gasteiger partial charge >= 0.3 is 5.97 Å². The van der Waals surface area contributed by atoms with Crippen molar-refractivity contribution in [1.29, 1.82) is 0 Å². The molecule has 94 valence electrons. The van der Waals surface area contributed by atoms with Crippen molar-refractivity contribution >= 4 is 5.97 Å². The average molecular weight is 237 g/mol. The van der Waals surface area contributed by atoms with Gasteiger partial charge in [0.1, 0.15) is 5.75 Å². The minimum absolute atomic E-state index is 0.344. The van der Waals surface area contributed by atoms with Gasteiger partial charge in [-0.1, -0.05) is 0 Å². The molecule has 0 aliphatic rings. The molecule has 0 fully saturated rings. The number of ether oxygens (including phenoxy) is 2. The Balaban J connectivity index is 2.86. The van der Waals surface area contributed by atoms with Gasteiger partial charge in [0.2, 0.25) is 0 Å². The summed E-state index contributed by atoms with van der Waals surface area (Å²) in [4.78, 5) is 16.0. The van der Waals surface area contributed by atoms with Crippen molar-refractivity contribution in [3.8, 4) is 5.75 Å². The molecule has 0 unspecified atom stereocenters. The molecule has 0 bridgehead atoms. The van der Waals surface area contributed by atoms with Crippen LogP contribution in [-0.2, 0) is 9.53 Å². The van der Waals surface area contributed by atoms with E-state index in [4.69, 9.17) is 9.47 Å². The molecule has 17 heavy (non-hydrogen) atoms. The van der Waals surface area contributed by atoms with Crippen molar-refractivity contribution in [2.75, 3.05) is 6.61 Å². The first-order chi connectivity index (χ1) is 7.86. The number of carbonyl (C=O) groups excluding carboxylic acids is 1. The molecule has 0 spiro atoms. The summed E-state index contributed by atoms with van der Waals surface area (Å²) in [6.45, 7) is 9.24. The van der Waals surface area contributed by atoms with Gasteiger partial charge in [0.15, 0.2) is 5.60 Å². The second-order valence-corrected chi connectivity index (χ2v) is 4.37. The van der Waals surface area contributed by atoms with Gasteiger partial charge in [0, 0.05) is 5.69 Å². The molecule has 1 heterocycles. The third kappa shape index (κ3) is 3.44. The molecule has 0 aliphatic heterocycles. The van der Waals surface area contributed by atoms with Gasteiger partial charge in [0.25, 0.3) is 0 Å². The predicted molar refractivity (Wildman–Crippen MR) is 65.1 cm³/mol. The highest BCUT2D eigenvalue weighted by atomic mass is 16.6. The maximum atomic E-state index is 11.7. The van der Waals surface area contributed by atoms with Crippen molar-refractivity contribution in [3.05, 3.63) is 23.5 Å². The molecule has 4 heteroatoms. The Hall–Kier alpha value is -1.58. The van der Waals surface area contributed by atoms with Crippen LogP contribution in [0.15, 0.2) is 12.1 Å². The van der Waals surface area contributed by atoms with Gasteiger partial charge in [-0.15, -0.1) is 0 Å². The van der Waals surface area contributed by atoms with E-state index in [0.29, 0.717) is 12.4 Å². The normalized spacial score (nSPS) is 11.1. The topological polar surface area (TPSA) is 48.4 Å². The first kappa shape index (κ1) is 13.5. The van der Waals surface area contributed by atoms with Crippen LogP contribution < -0.4 is 4.74 Å². The van der Waals surface area contributed by atoms with E-state index in [1.54, 1.807) is 20.8 Å². The van der Waals surface area contributed by atoms with E-state index in [2.05, 4.69) is 4.98 Å². The van der Waals surface area contributed by atoms with E-state index >= 15 is 0 Å². The number of esters is 1. The highest BCUT2D eigenvalue weighted by molar-refractivity contribution is 5.79. The van der Waals surface area contributed by atoms with Crippen molar-refractivity contribution in [2.24, 2.45) is 0 Å². The van der Waals surface area contributed by atoms with Crippen molar-refractivity contribution in [1.82, 2.24) is 4.98 Å². The van der Waals surface area contributed by atoms with E-state index in [-0.39, 0.29) is 5.97 Å². The fraction of sp³-hybridized carbons (Fsp3) is 0.538. The van der Waals surface area contributed by atoms with Crippen LogP contribution in [-0.4, -0.2) is 23.2 Å². The summed E-state index contributed by atoms with van der Waals surface area (Å²) in [6.07, 6.45) is 0. The summed E-state index contributed by atoms with van der Waals surface area (Å²) in [5.74, 6) is 0.230. The van der Waals surface area contributed by atoms with Crippen molar-refractivity contribution in [2.45, 2.75) is 40.2 Å². The van der Waals surface area contributed by atoms with E-state index < -0.39 is 5.60 Å². The zero-order valence-corrected chi connectivity index (χ0v) is 11.0. The van der Waals surface area contributed by atoms with E-state index in [1.807, 2.05) is 26.0 Å². The summed E-state index contributed by atoms with van der Waals surface area (Å²) in [5.41, 5.74) is 0.684. The van der Waals surface area contributed by atoms with E-state index in [1.165, 1.54) is 0 Å². The number of nitrogens with zero attached hydrogens (tertiary/aromatic N) is 1. The number of pyridine rings is 1. The maximum absolute atomic E-state index is 11.7. The highest BCUT2D eigenvalue weighted by Crippen LogP contribution is 2.22. The van der Waals surface area contributed by atoms with Crippen LogP contribution in [0.1, 0.15) is 32.2 Å². The van der Waals surface area contributed by atoms with Crippen molar-refractivity contribution in [3.63, 3.8) is 0 Å². The molecular weight excluding hydrogens is 218 g/mol. The Morgan fingerprint density at radius 3 is 2.53 bits per heavy atom. The van der Waals surface area contributed by atoms with Crippen LogP contribution in [0.3, 0.4) is 0 Å². The molecule has 1 rings (SSSR count). The molecule has 1 aromatic rings. The number of carbonyl (C=O) groups is 1. The standard InChI is InChI=1S/C13H19NO3/c1-6-16-12(15)13(4,5)17-11-8-7-9(2)14-10(11)3/h7-8H,6H2,1-5H3. The Labute approximate surface area is 102 Å². The molecule has 0 saturated heterocycles. The largest absolute Gasteiger partial charge is 0.474 e. The lowest BCUT2D eigenvalue weighted by atomic mass is 10.1. The highest BCUT2D eigenvalue weighted by Gasteiger charge is 2.32. The molecular formula is C13H19NO3. The third-order valence-corrected chi connectivity index (χ3v) is 2.31. The second-order valence-electron chi connectivity index (χ2n) is 4.37. The Morgan fingerprint density at radius 1 is 1.35 bits per heavy atom. The third-order valence-electron chi connectivity index (χ3n) is 2.31. The number of hydrogen-bond acceptors (Lipinski definition) is 4. The molecule has 0 aromatic carbocycles. The predicted octanol–water partition coefficient (Wildman–Crippen LogP) is 2.42. The fourth-order valence-electron chi connectivity index (χ4n) is 1.40. The zero-order valence-electron chi connectivity index (χ0n) is 11.0. The lowest BCUT2D eigenvalue weighted by Crippen LogP contribution is -2.40. The minimum atomic E-state index is -1.00. The molecule has 0 atom stereocenters. The molecule has 0 amide bonds. The lowest BCUT2D eigenvalue weighted by Gasteiger charge is -2.24. The van der Waals surface area contributed by atoms with Gasteiger partial charge in [0.05, 0.1) is 12.3 Å². The molecule has 0 radical (unpaired) electrons. The smallest absolute Gasteiger partial charge is 0.349 e. The van der Waals surface area contributed by atoms with Gasteiger partial charge < -0.3 is 9.47 Å². The first-order valence-electron chi connectivity index (χ1n) is 5.67. The van der Waals surface area contributed by atoms with Crippen LogP contribution in [0.2, 0.25) is 0 Å². The fourth-order valence-corrected chi connectivity index (χ4v) is 1.40. The van der Waals surface area contributed by atoms with Crippen LogP contribution in [0.25, 0.3) is 0 Å². The molecule has 0 aliphatic carbocycles. The van der Waals surface area contributed by atoms with Crippen LogP contribution in [0.4, 0.5) is 0 Å². The number of rotatable bonds is 4. The van der Waals surface area contributed by atoms with E-state index in [9.17, 15) is 4.79 Å². The van der Waals surface area contributed by atoms with Gasteiger partial charge in [-0.2, -0.15) is 0 Å². The maximum Gasteiger partial charge on any atom is 0.349 e. The van der Waals surface area contributed by atoms with Gasteiger partial charge in [-0.3, -0.25) is 4.98 Å². The minimum Gasteiger partial charge on any atom is -0.474 e. The van der Waals surface area contributed by atoms with Crippen LogP contribution >= 0.6 is 0 Å². The number of aryl methyl sites for hydroxylation is 2. The van der Waals surface area contributed by atoms with Crippen LogP contribution in [0.5, 0.6) is 5.75 Å². The lowest BCUT2D eigenvalue weighted by molar-refractivity contribution is -0.158. The average Bonchev–Trinajstić information content (AvgIpc) is 2.22. The summed E-state index contributed by atoms with van der Waals surface area (Å²) in [6, 6.07) is 3.67. The summed E-state index contributed by atoms with van der Waals surface area (Å²) in [5, 5.41) is 0. The SMILES string of the molecule is CCOC(=O)C(C)(C)Oc1ccc(C)nc1C. The van der Waals surface area contributed by atoms with Crippen LogP contribution in [0, 0.1) is 13.8 Å². The van der Waals surface area contributed by atoms with E-state index in [0.717, 1.165) is 11.4 Å². The monoisotopic (exact) mass is 237 g/mol. The Bertz CT molecular complexity index is 413. The first-order valence-corrected chi connectivity index (χ1v) is 5.67. The van der Waals surface area contributed by atoms with Gasteiger partial charge in [-0.25, -0.2) is 4.79 Å². The summed E-state index contributed by atoms with van der Waals surface area (Å²) < 4.78 is 10.6. The molecule has 1 aromatic heterocycles. The quantitative estimate of drug-likeness (QED) is 0.754. The zero-order chi connectivity index (χ0) is 13.1. The van der Waals surface area contributed by atoms with Gasteiger partial charge in [-0.05, 0) is 46.8 Å². The summed E-state index contributed by atoms with van der Waals surface area (Å²) in [7, 11) is 0. The second kappa shape index (κ2) is 5.17. The van der Waals surface area contributed by atoms with Crippen molar-refractivity contribution < 1.29 is 14.3 Å². The Kier molecular flexibility index (Phi) is 4.10. The molecule has 0 saturated carbocycles. The number of hydrogen-bond donors (Lipinski definition) is 0. The Morgan fingerprint density at radius 2 is 2.00 bits per heavy atom. The molecule has 4 nitrogen and oxygen atoms in total.